The number of nitrogens with one attached hydrogen (secondary N) is 2. The maximum Gasteiger partial charge on any atom is 0.182 e. The van der Waals surface area contributed by atoms with E-state index < -0.39 is 0 Å². The number of aromatic amines is 1. The van der Waals surface area contributed by atoms with Gasteiger partial charge in [0.15, 0.2) is 11.5 Å². The lowest BCUT2D eigenvalue weighted by atomic mass is 9.76. The molecule has 0 radical (unpaired) electrons. The Morgan fingerprint density at radius 1 is 1.47 bits per heavy atom. The molecule has 2 aromatic heterocycles. The molecule has 0 amide bonds. The number of anilines is 1. The van der Waals surface area contributed by atoms with Gasteiger partial charge in [0.25, 0.3) is 0 Å². The topological polar surface area (TPSA) is 92.5 Å². The smallest absolute Gasteiger partial charge is 0.182 e. The summed E-state index contributed by atoms with van der Waals surface area (Å²) in [6, 6.07) is 0. The van der Waals surface area contributed by atoms with Crippen molar-refractivity contribution in [3.05, 3.63) is 12.7 Å². The number of hydrogen-bond donors (Lipinski definition) is 3. The average Bonchev–Trinajstić information content (AvgIpc) is 2.88. The van der Waals surface area contributed by atoms with E-state index in [-0.39, 0.29) is 5.54 Å². The van der Waals surface area contributed by atoms with Gasteiger partial charge >= 0.3 is 0 Å². The zero-order valence-corrected chi connectivity index (χ0v) is 11.2. The highest BCUT2D eigenvalue weighted by atomic mass is 15.1. The SMILES string of the molecule is CC1CCCC(CN)(Nc2ncnc3nc[nH]c23)C1. The third-order valence-corrected chi connectivity index (χ3v) is 4.09. The van der Waals surface area contributed by atoms with Crippen LogP contribution in [-0.4, -0.2) is 32.0 Å². The first-order valence-electron chi connectivity index (χ1n) is 6.85. The second-order valence-electron chi connectivity index (χ2n) is 5.63. The molecule has 102 valence electrons. The van der Waals surface area contributed by atoms with Crippen LogP contribution in [-0.2, 0) is 0 Å². The van der Waals surface area contributed by atoms with Crippen molar-refractivity contribution < 1.29 is 0 Å². The molecule has 6 heteroatoms. The van der Waals surface area contributed by atoms with Crippen LogP contribution in [0.3, 0.4) is 0 Å². The van der Waals surface area contributed by atoms with Crippen LogP contribution in [0.25, 0.3) is 11.2 Å². The Balaban J connectivity index is 1.92. The highest BCUT2D eigenvalue weighted by Crippen LogP contribution is 2.34. The van der Waals surface area contributed by atoms with Crippen molar-refractivity contribution in [3.63, 3.8) is 0 Å². The number of fused-ring (bicyclic) bond motifs is 1. The highest BCUT2D eigenvalue weighted by Gasteiger charge is 2.34. The Kier molecular flexibility index (Phi) is 3.10. The summed E-state index contributed by atoms with van der Waals surface area (Å²) in [4.78, 5) is 15.7. The molecule has 1 aliphatic carbocycles. The standard InChI is InChI=1S/C13H20N6/c1-9-3-2-4-13(5-9,6-14)19-12-10-11(16-7-15-10)17-8-18-12/h7-9H,2-6,14H2,1H3,(H2,15,16,17,18,19). The largest absolute Gasteiger partial charge is 0.361 e. The van der Waals surface area contributed by atoms with E-state index in [1.807, 2.05) is 0 Å². The van der Waals surface area contributed by atoms with Crippen LogP contribution in [0.4, 0.5) is 5.82 Å². The Morgan fingerprint density at radius 3 is 3.16 bits per heavy atom. The van der Waals surface area contributed by atoms with Crippen LogP contribution in [0.2, 0.25) is 0 Å². The lowest BCUT2D eigenvalue weighted by Crippen LogP contribution is -2.49. The molecule has 4 N–H and O–H groups in total. The van der Waals surface area contributed by atoms with Crippen LogP contribution in [0, 0.1) is 5.92 Å². The van der Waals surface area contributed by atoms with E-state index >= 15 is 0 Å². The first kappa shape index (κ1) is 12.3. The summed E-state index contributed by atoms with van der Waals surface area (Å²) in [7, 11) is 0. The maximum absolute atomic E-state index is 6.04. The minimum atomic E-state index is -0.0515. The molecular formula is C13H20N6. The van der Waals surface area contributed by atoms with Gasteiger partial charge in [-0.1, -0.05) is 19.8 Å². The molecule has 2 unspecified atom stereocenters. The molecule has 0 aromatic carbocycles. The lowest BCUT2D eigenvalue weighted by Gasteiger charge is -2.40. The van der Waals surface area contributed by atoms with Crippen molar-refractivity contribution in [2.75, 3.05) is 11.9 Å². The van der Waals surface area contributed by atoms with Crippen molar-refractivity contribution in [2.24, 2.45) is 11.7 Å². The molecule has 1 saturated carbocycles. The van der Waals surface area contributed by atoms with Gasteiger partial charge in [0.1, 0.15) is 11.8 Å². The number of rotatable bonds is 3. The van der Waals surface area contributed by atoms with Gasteiger partial charge in [-0.2, -0.15) is 0 Å². The molecular weight excluding hydrogens is 240 g/mol. The van der Waals surface area contributed by atoms with E-state index in [2.05, 4.69) is 32.2 Å². The number of nitrogens with two attached hydrogens (primary N) is 1. The molecule has 1 aliphatic rings. The van der Waals surface area contributed by atoms with Crippen molar-refractivity contribution in [1.29, 1.82) is 0 Å². The van der Waals surface area contributed by atoms with Gasteiger partial charge < -0.3 is 16.0 Å². The zero-order valence-electron chi connectivity index (χ0n) is 11.2. The van der Waals surface area contributed by atoms with E-state index in [0.717, 1.165) is 24.2 Å². The summed E-state index contributed by atoms with van der Waals surface area (Å²) < 4.78 is 0. The molecule has 0 spiro atoms. The van der Waals surface area contributed by atoms with E-state index in [1.165, 1.54) is 12.8 Å². The molecule has 0 aliphatic heterocycles. The predicted octanol–water partition coefficient (Wildman–Crippen LogP) is 1.67. The number of imidazole rings is 1. The summed E-state index contributed by atoms with van der Waals surface area (Å²) in [5.41, 5.74) is 7.53. The van der Waals surface area contributed by atoms with Crippen LogP contribution in [0.5, 0.6) is 0 Å². The van der Waals surface area contributed by atoms with Gasteiger partial charge in [-0.15, -0.1) is 0 Å². The predicted molar refractivity (Wildman–Crippen MR) is 74.7 cm³/mol. The number of aromatic nitrogens is 4. The molecule has 2 aromatic rings. The summed E-state index contributed by atoms with van der Waals surface area (Å²) in [6.07, 6.45) is 7.86. The molecule has 0 saturated heterocycles. The van der Waals surface area contributed by atoms with Gasteiger partial charge in [-0.3, -0.25) is 0 Å². The van der Waals surface area contributed by atoms with Crippen molar-refractivity contribution >= 4 is 17.0 Å². The summed E-state index contributed by atoms with van der Waals surface area (Å²) in [6.45, 7) is 2.91. The fourth-order valence-electron chi connectivity index (χ4n) is 3.12. The summed E-state index contributed by atoms with van der Waals surface area (Å²) in [5, 5.41) is 3.56. The molecule has 2 atom stereocenters. The van der Waals surface area contributed by atoms with Gasteiger partial charge in [0.05, 0.1) is 11.9 Å². The first-order valence-corrected chi connectivity index (χ1v) is 6.85. The summed E-state index contributed by atoms with van der Waals surface area (Å²) >= 11 is 0. The van der Waals surface area contributed by atoms with E-state index in [1.54, 1.807) is 12.7 Å². The Hall–Kier alpha value is -1.69. The van der Waals surface area contributed by atoms with Crippen LogP contribution in [0.1, 0.15) is 32.6 Å². The number of H-pyrrole nitrogens is 1. The molecule has 6 nitrogen and oxygen atoms in total. The van der Waals surface area contributed by atoms with Crippen molar-refractivity contribution in [1.82, 2.24) is 19.9 Å². The average molecular weight is 260 g/mol. The van der Waals surface area contributed by atoms with E-state index in [0.29, 0.717) is 18.1 Å². The number of nitrogens with zero attached hydrogens (tertiary/aromatic N) is 3. The van der Waals surface area contributed by atoms with Crippen molar-refractivity contribution in [3.8, 4) is 0 Å². The van der Waals surface area contributed by atoms with Gasteiger partial charge in [0, 0.05) is 6.54 Å². The van der Waals surface area contributed by atoms with Gasteiger partial charge in [0.2, 0.25) is 0 Å². The fourth-order valence-corrected chi connectivity index (χ4v) is 3.12. The van der Waals surface area contributed by atoms with Gasteiger partial charge in [-0.25, -0.2) is 15.0 Å². The normalized spacial score (nSPS) is 27.6. The van der Waals surface area contributed by atoms with Crippen molar-refractivity contribution in [2.45, 2.75) is 38.1 Å². The van der Waals surface area contributed by atoms with Crippen LogP contribution in [0.15, 0.2) is 12.7 Å². The minimum Gasteiger partial charge on any atom is -0.361 e. The molecule has 0 bridgehead atoms. The third-order valence-electron chi connectivity index (χ3n) is 4.09. The van der Waals surface area contributed by atoms with Crippen LogP contribution < -0.4 is 11.1 Å². The molecule has 1 fully saturated rings. The third kappa shape index (κ3) is 2.28. The second kappa shape index (κ2) is 4.77. The zero-order chi connectivity index (χ0) is 13.3. The van der Waals surface area contributed by atoms with E-state index in [9.17, 15) is 0 Å². The second-order valence-corrected chi connectivity index (χ2v) is 5.63. The monoisotopic (exact) mass is 260 g/mol. The Labute approximate surface area is 112 Å². The lowest BCUT2D eigenvalue weighted by molar-refractivity contribution is 0.263. The number of hydrogen-bond acceptors (Lipinski definition) is 5. The molecule has 3 rings (SSSR count). The molecule has 19 heavy (non-hydrogen) atoms. The quantitative estimate of drug-likeness (QED) is 0.780. The van der Waals surface area contributed by atoms with E-state index in [4.69, 9.17) is 5.73 Å². The highest BCUT2D eigenvalue weighted by molar-refractivity contribution is 5.82. The Bertz CT molecular complexity index is 565. The molecule has 2 heterocycles. The summed E-state index contributed by atoms with van der Waals surface area (Å²) in [5.74, 6) is 1.51. The maximum atomic E-state index is 6.04. The first-order chi connectivity index (χ1) is 9.22. The minimum absolute atomic E-state index is 0.0515. The van der Waals surface area contributed by atoms with Gasteiger partial charge in [-0.05, 0) is 18.8 Å². The fraction of sp³-hybridized carbons (Fsp3) is 0.615. The Morgan fingerprint density at radius 2 is 2.37 bits per heavy atom. The van der Waals surface area contributed by atoms with Crippen LogP contribution >= 0.6 is 0 Å².